The number of carbonyl (C=O) groups excluding carboxylic acids is 1. The lowest BCUT2D eigenvalue weighted by molar-refractivity contribution is -0.134. The Morgan fingerprint density at radius 2 is 2.13 bits per heavy atom. The van der Waals surface area contributed by atoms with Gasteiger partial charge in [-0.1, -0.05) is 17.8 Å². The number of nitrogens with zero attached hydrogens (tertiary/aromatic N) is 4. The maximum atomic E-state index is 12.5. The first kappa shape index (κ1) is 16.3. The first-order chi connectivity index (χ1) is 11.1. The molecular formula is C15H21N5OS2. The van der Waals surface area contributed by atoms with Crippen LogP contribution in [0.4, 0.5) is 0 Å². The van der Waals surface area contributed by atoms with Crippen molar-refractivity contribution < 1.29 is 4.79 Å². The molecule has 0 spiro atoms. The molecule has 1 saturated heterocycles. The molecule has 23 heavy (non-hydrogen) atoms. The Labute approximate surface area is 144 Å². The van der Waals surface area contributed by atoms with E-state index in [1.54, 1.807) is 11.3 Å². The summed E-state index contributed by atoms with van der Waals surface area (Å²) >= 11 is 2.91. The number of amides is 1. The van der Waals surface area contributed by atoms with E-state index in [0.29, 0.717) is 28.8 Å². The van der Waals surface area contributed by atoms with Gasteiger partial charge < -0.3 is 10.7 Å². The molecule has 0 bridgehead atoms. The molecule has 1 fully saturated rings. The number of aromatic nitrogens is 3. The van der Waals surface area contributed by atoms with Crippen molar-refractivity contribution in [2.75, 3.05) is 11.6 Å². The van der Waals surface area contributed by atoms with Crippen LogP contribution >= 0.6 is 23.1 Å². The number of nitrogen functional groups attached to an aromatic ring is 1. The van der Waals surface area contributed by atoms with Crippen molar-refractivity contribution in [2.24, 2.45) is 0 Å². The average Bonchev–Trinajstić information content (AvgIpc) is 3.14. The number of carbonyl (C=O) groups is 1. The van der Waals surface area contributed by atoms with Crippen LogP contribution in [0, 0.1) is 0 Å². The van der Waals surface area contributed by atoms with Crippen molar-refractivity contribution in [1.29, 1.82) is 0 Å². The van der Waals surface area contributed by atoms with E-state index < -0.39 is 0 Å². The van der Waals surface area contributed by atoms with E-state index in [1.807, 2.05) is 22.4 Å². The molecule has 2 atom stereocenters. The van der Waals surface area contributed by atoms with E-state index in [-0.39, 0.29) is 5.91 Å². The topological polar surface area (TPSA) is 77.0 Å². The fourth-order valence-corrected chi connectivity index (χ4v) is 4.49. The zero-order valence-electron chi connectivity index (χ0n) is 13.3. The second kappa shape index (κ2) is 6.92. The zero-order chi connectivity index (χ0) is 16.4. The van der Waals surface area contributed by atoms with Crippen molar-refractivity contribution >= 4 is 29.0 Å². The second-order valence-corrected chi connectivity index (χ2v) is 7.76. The molecule has 1 aliphatic heterocycles. The largest absolute Gasteiger partial charge is 0.337 e. The molecule has 1 aliphatic rings. The van der Waals surface area contributed by atoms with E-state index in [1.165, 1.54) is 22.9 Å². The second-order valence-electron chi connectivity index (χ2n) is 5.87. The summed E-state index contributed by atoms with van der Waals surface area (Å²) in [7, 11) is 0. The van der Waals surface area contributed by atoms with E-state index in [0.717, 1.165) is 17.7 Å². The van der Waals surface area contributed by atoms with Gasteiger partial charge >= 0.3 is 0 Å². The predicted molar refractivity (Wildman–Crippen MR) is 93.8 cm³/mol. The molecule has 1 amide bonds. The highest BCUT2D eigenvalue weighted by atomic mass is 32.2. The molecule has 0 radical (unpaired) electrons. The minimum Gasteiger partial charge on any atom is -0.337 e. The molecule has 2 aromatic rings. The highest BCUT2D eigenvalue weighted by Gasteiger charge is 2.29. The van der Waals surface area contributed by atoms with E-state index >= 15 is 0 Å². The number of likely N-dealkylation sites (tertiary alicyclic amines) is 1. The molecular weight excluding hydrogens is 330 g/mol. The molecule has 124 valence electrons. The van der Waals surface area contributed by atoms with Gasteiger partial charge in [-0.25, -0.2) is 4.68 Å². The van der Waals surface area contributed by atoms with Gasteiger partial charge in [-0.2, -0.15) is 0 Å². The third kappa shape index (κ3) is 3.37. The summed E-state index contributed by atoms with van der Waals surface area (Å²) in [5.74, 6) is 7.19. The lowest BCUT2D eigenvalue weighted by Gasteiger charge is -2.39. The van der Waals surface area contributed by atoms with Crippen molar-refractivity contribution in [1.82, 2.24) is 19.8 Å². The molecule has 3 rings (SSSR count). The summed E-state index contributed by atoms with van der Waals surface area (Å²) in [5.41, 5.74) is 0. The SMILES string of the molecule is C[C@@H]1CCC[C@@H](C)N1C(=O)CSc1nnc(-c2cccs2)n1N. The summed E-state index contributed by atoms with van der Waals surface area (Å²) in [4.78, 5) is 15.5. The summed E-state index contributed by atoms with van der Waals surface area (Å²) < 4.78 is 1.47. The van der Waals surface area contributed by atoms with Gasteiger partial charge in [0.2, 0.25) is 11.1 Å². The molecule has 8 heteroatoms. The summed E-state index contributed by atoms with van der Waals surface area (Å²) in [6, 6.07) is 4.52. The minimum absolute atomic E-state index is 0.148. The number of thioether (sulfide) groups is 1. The highest BCUT2D eigenvalue weighted by Crippen LogP contribution is 2.27. The Kier molecular flexibility index (Phi) is 4.91. The van der Waals surface area contributed by atoms with Crippen LogP contribution < -0.4 is 5.84 Å². The van der Waals surface area contributed by atoms with Gasteiger partial charge in [0.1, 0.15) is 0 Å². The van der Waals surface area contributed by atoms with Crippen LogP contribution in [0.3, 0.4) is 0 Å². The number of hydrogen-bond acceptors (Lipinski definition) is 6. The molecule has 0 unspecified atom stereocenters. The number of hydrogen-bond donors (Lipinski definition) is 1. The average molecular weight is 352 g/mol. The fourth-order valence-electron chi connectivity index (χ4n) is 3.06. The lowest BCUT2D eigenvalue weighted by Crippen LogP contribution is -2.48. The van der Waals surface area contributed by atoms with E-state index in [2.05, 4.69) is 24.0 Å². The first-order valence-electron chi connectivity index (χ1n) is 7.76. The Hall–Kier alpha value is -1.54. The van der Waals surface area contributed by atoms with Crippen LogP contribution in [0.2, 0.25) is 0 Å². The quantitative estimate of drug-likeness (QED) is 0.677. The molecule has 0 aromatic carbocycles. The monoisotopic (exact) mass is 351 g/mol. The normalized spacial score (nSPS) is 21.6. The third-order valence-electron chi connectivity index (χ3n) is 4.21. The van der Waals surface area contributed by atoms with E-state index in [4.69, 9.17) is 5.84 Å². The fraction of sp³-hybridized carbons (Fsp3) is 0.533. The number of rotatable bonds is 4. The molecule has 0 aliphatic carbocycles. The van der Waals surface area contributed by atoms with Gasteiger partial charge in [0, 0.05) is 12.1 Å². The smallest absolute Gasteiger partial charge is 0.233 e. The molecule has 6 nitrogen and oxygen atoms in total. The number of nitrogens with two attached hydrogens (primary N) is 1. The predicted octanol–water partition coefficient (Wildman–Crippen LogP) is 2.60. The maximum Gasteiger partial charge on any atom is 0.233 e. The van der Waals surface area contributed by atoms with Crippen LogP contribution in [0.15, 0.2) is 22.7 Å². The number of piperidine rings is 1. The van der Waals surface area contributed by atoms with Crippen molar-refractivity contribution in [2.45, 2.75) is 50.4 Å². The van der Waals surface area contributed by atoms with Crippen LogP contribution in [0.1, 0.15) is 33.1 Å². The van der Waals surface area contributed by atoms with Crippen LogP contribution in [-0.2, 0) is 4.79 Å². The lowest BCUT2D eigenvalue weighted by atomic mass is 9.98. The first-order valence-corrected chi connectivity index (χ1v) is 9.62. The molecule has 2 aromatic heterocycles. The van der Waals surface area contributed by atoms with Crippen LogP contribution in [0.25, 0.3) is 10.7 Å². The Morgan fingerprint density at radius 3 is 2.78 bits per heavy atom. The summed E-state index contributed by atoms with van der Waals surface area (Å²) in [6.45, 7) is 4.25. The van der Waals surface area contributed by atoms with Gasteiger partial charge in [0.15, 0.2) is 5.82 Å². The Bertz CT molecular complexity index is 659. The molecule has 3 heterocycles. The summed E-state index contributed by atoms with van der Waals surface area (Å²) in [6.07, 6.45) is 3.35. The third-order valence-corrected chi connectivity index (χ3v) is 6.01. The van der Waals surface area contributed by atoms with Crippen LogP contribution in [0.5, 0.6) is 0 Å². The standard InChI is InChI=1S/C15H21N5OS2/c1-10-5-3-6-11(2)19(10)13(21)9-23-15-18-17-14(20(15)16)12-7-4-8-22-12/h4,7-8,10-11H,3,5-6,9,16H2,1-2H3/t10-,11-/m1/s1. The Morgan fingerprint density at radius 1 is 1.39 bits per heavy atom. The van der Waals surface area contributed by atoms with Gasteiger partial charge in [-0.3, -0.25) is 4.79 Å². The Balaban J connectivity index is 1.65. The van der Waals surface area contributed by atoms with Gasteiger partial charge in [0.05, 0.1) is 10.6 Å². The van der Waals surface area contributed by atoms with Gasteiger partial charge in [0.25, 0.3) is 0 Å². The summed E-state index contributed by atoms with van der Waals surface area (Å²) in [5, 5.41) is 10.8. The highest BCUT2D eigenvalue weighted by molar-refractivity contribution is 7.99. The van der Waals surface area contributed by atoms with Gasteiger partial charge in [-0.05, 0) is 44.6 Å². The molecule has 0 saturated carbocycles. The van der Waals surface area contributed by atoms with Crippen molar-refractivity contribution in [3.8, 4) is 10.7 Å². The maximum absolute atomic E-state index is 12.5. The van der Waals surface area contributed by atoms with Crippen molar-refractivity contribution in [3.05, 3.63) is 17.5 Å². The van der Waals surface area contributed by atoms with Crippen LogP contribution in [-0.4, -0.2) is 43.5 Å². The number of thiophene rings is 1. The van der Waals surface area contributed by atoms with Gasteiger partial charge in [-0.15, -0.1) is 21.5 Å². The van der Waals surface area contributed by atoms with E-state index in [9.17, 15) is 4.79 Å². The minimum atomic E-state index is 0.148. The van der Waals surface area contributed by atoms with Crippen molar-refractivity contribution in [3.63, 3.8) is 0 Å². The molecule has 2 N–H and O–H groups in total. The zero-order valence-corrected chi connectivity index (χ0v) is 14.9.